The molecular formula is C55H37N3. The summed E-state index contributed by atoms with van der Waals surface area (Å²) in [5, 5.41) is 10.1. The molecule has 272 valence electrons. The smallest absolute Gasteiger partial charge is 0.0628 e. The quantitative estimate of drug-likeness (QED) is 0.167. The van der Waals surface area contributed by atoms with Crippen LogP contribution in [0.2, 0.25) is 0 Å². The van der Waals surface area contributed by atoms with Crippen molar-refractivity contribution in [2.75, 3.05) is 0 Å². The van der Waals surface area contributed by atoms with Crippen molar-refractivity contribution in [2.45, 2.75) is 6.92 Å². The number of hydrogen-bond donors (Lipinski definition) is 0. The Bertz CT molecular complexity index is 3540. The molecule has 3 nitrogen and oxygen atoms in total. The third kappa shape index (κ3) is 4.87. The van der Waals surface area contributed by atoms with E-state index in [1.54, 1.807) is 0 Å². The van der Waals surface area contributed by atoms with Gasteiger partial charge in [0.1, 0.15) is 0 Å². The molecule has 0 amide bonds. The lowest BCUT2D eigenvalue weighted by Crippen LogP contribution is -1.96. The molecule has 0 fully saturated rings. The van der Waals surface area contributed by atoms with Gasteiger partial charge in [0.25, 0.3) is 0 Å². The van der Waals surface area contributed by atoms with E-state index in [0.29, 0.717) is 0 Å². The number of para-hydroxylation sites is 1. The largest absolute Gasteiger partial charge is 0.316 e. The lowest BCUT2D eigenvalue weighted by Gasteiger charge is -2.15. The van der Waals surface area contributed by atoms with E-state index < -0.39 is 0 Å². The SMILES string of the molecule is Cc1ccc2ccn(-c3ccc(-c4ccc(-n5ccc6ccc7c(c8c9ccccc9ccc8n7-c7ccccc7)c65)cc4)cc3)c2c1-c1cccc2ccccc12. The van der Waals surface area contributed by atoms with Gasteiger partial charge in [0.15, 0.2) is 0 Å². The Morgan fingerprint density at radius 2 is 0.879 bits per heavy atom. The normalized spacial score (nSPS) is 11.9. The van der Waals surface area contributed by atoms with E-state index in [1.165, 1.54) is 93.0 Å². The van der Waals surface area contributed by atoms with Gasteiger partial charge in [-0.05, 0) is 111 Å². The van der Waals surface area contributed by atoms with Gasteiger partial charge in [-0.1, -0.05) is 133 Å². The highest BCUT2D eigenvalue weighted by Gasteiger charge is 2.20. The van der Waals surface area contributed by atoms with Gasteiger partial charge in [0, 0.05) is 56.6 Å². The number of fused-ring (bicyclic) bond motifs is 9. The predicted octanol–water partition coefficient (Wildman–Crippen LogP) is 14.6. The number of aromatic nitrogens is 3. The minimum Gasteiger partial charge on any atom is -0.316 e. The number of rotatable bonds is 5. The standard InChI is InChI=1S/C55H37N3/c1-36-18-19-41-32-34-56(54(41)51(36)48-17-9-12-39-10-5-7-15-46(39)48)43-26-20-37(21-27-43)38-22-28-44(29-23-38)57-35-33-42-25-31-50-53(55(42)57)52-47-16-8-6-11-40(47)24-30-49(52)58(50)45-13-3-2-4-14-45/h2-35H,1H3. The first-order chi connectivity index (χ1) is 28.7. The topological polar surface area (TPSA) is 14.8 Å². The van der Waals surface area contributed by atoms with Crippen molar-refractivity contribution in [3.05, 3.63) is 212 Å². The van der Waals surface area contributed by atoms with E-state index in [-0.39, 0.29) is 0 Å². The monoisotopic (exact) mass is 739 g/mol. The van der Waals surface area contributed by atoms with Crippen molar-refractivity contribution in [3.8, 4) is 39.3 Å². The van der Waals surface area contributed by atoms with E-state index in [2.05, 4.69) is 227 Å². The first kappa shape index (κ1) is 32.6. The third-order valence-electron chi connectivity index (χ3n) is 12.2. The van der Waals surface area contributed by atoms with Gasteiger partial charge in [-0.15, -0.1) is 0 Å². The number of benzene rings is 9. The van der Waals surface area contributed by atoms with Crippen molar-refractivity contribution < 1.29 is 0 Å². The summed E-state index contributed by atoms with van der Waals surface area (Å²) in [5.41, 5.74) is 14.5. The molecule has 0 bridgehead atoms. The van der Waals surface area contributed by atoms with Crippen molar-refractivity contribution in [2.24, 2.45) is 0 Å². The molecule has 9 aromatic carbocycles. The maximum absolute atomic E-state index is 2.42. The molecule has 3 heterocycles. The zero-order valence-electron chi connectivity index (χ0n) is 32.0. The van der Waals surface area contributed by atoms with Gasteiger partial charge in [0.2, 0.25) is 0 Å². The summed E-state index contributed by atoms with van der Waals surface area (Å²) in [6.07, 6.45) is 4.43. The molecule has 0 atom stereocenters. The summed E-state index contributed by atoms with van der Waals surface area (Å²) < 4.78 is 7.14. The molecule has 0 unspecified atom stereocenters. The molecule has 0 saturated heterocycles. The second-order valence-electron chi connectivity index (χ2n) is 15.4. The molecule has 58 heavy (non-hydrogen) atoms. The van der Waals surface area contributed by atoms with Gasteiger partial charge in [0.05, 0.1) is 22.1 Å². The van der Waals surface area contributed by atoms with E-state index in [0.717, 1.165) is 17.1 Å². The molecule has 3 heteroatoms. The fourth-order valence-electron chi connectivity index (χ4n) is 9.52. The molecule has 3 aromatic heterocycles. The van der Waals surface area contributed by atoms with Crippen LogP contribution in [0.15, 0.2) is 207 Å². The lowest BCUT2D eigenvalue weighted by atomic mass is 9.93. The Kier molecular flexibility index (Phi) is 7.14. The van der Waals surface area contributed by atoms with Gasteiger partial charge in [-0.2, -0.15) is 0 Å². The molecule has 0 saturated carbocycles. The maximum Gasteiger partial charge on any atom is 0.0628 e. The van der Waals surface area contributed by atoms with Crippen LogP contribution in [0.3, 0.4) is 0 Å². The number of aryl methyl sites for hydroxylation is 1. The second kappa shape index (κ2) is 12.7. The molecule has 12 aromatic rings. The Morgan fingerprint density at radius 3 is 1.59 bits per heavy atom. The molecule has 0 aliphatic carbocycles. The van der Waals surface area contributed by atoms with E-state index in [4.69, 9.17) is 0 Å². The predicted molar refractivity (Wildman–Crippen MR) is 245 cm³/mol. The van der Waals surface area contributed by atoms with E-state index in [1.807, 2.05) is 0 Å². The lowest BCUT2D eigenvalue weighted by molar-refractivity contribution is 1.13. The molecule has 0 N–H and O–H groups in total. The first-order valence-corrected chi connectivity index (χ1v) is 20.0. The zero-order chi connectivity index (χ0) is 38.3. The highest BCUT2D eigenvalue weighted by Crippen LogP contribution is 2.42. The zero-order valence-corrected chi connectivity index (χ0v) is 32.0. The molecule has 0 spiro atoms. The average molecular weight is 740 g/mol. The van der Waals surface area contributed by atoms with Gasteiger partial charge < -0.3 is 13.7 Å². The van der Waals surface area contributed by atoms with Crippen LogP contribution in [0.4, 0.5) is 0 Å². The summed E-state index contributed by atoms with van der Waals surface area (Å²) >= 11 is 0. The summed E-state index contributed by atoms with van der Waals surface area (Å²) in [6, 6.07) is 70.9. The third-order valence-corrected chi connectivity index (χ3v) is 12.2. The summed E-state index contributed by atoms with van der Waals surface area (Å²) in [7, 11) is 0. The molecular weight excluding hydrogens is 703 g/mol. The van der Waals surface area contributed by atoms with Crippen molar-refractivity contribution in [3.63, 3.8) is 0 Å². The average Bonchev–Trinajstić information content (AvgIpc) is 4.01. The van der Waals surface area contributed by atoms with Crippen LogP contribution in [0.1, 0.15) is 5.56 Å². The maximum atomic E-state index is 2.42. The number of hydrogen-bond acceptors (Lipinski definition) is 0. The fraction of sp³-hybridized carbons (Fsp3) is 0.0182. The van der Waals surface area contributed by atoms with Crippen LogP contribution in [0, 0.1) is 6.92 Å². The fourth-order valence-corrected chi connectivity index (χ4v) is 9.52. The highest BCUT2D eigenvalue weighted by molar-refractivity contribution is 6.28. The molecule has 0 aliphatic rings. The summed E-state index contributed by atoms with van der Waals surface area (Å²) in [6.45, 7) is 2.23. The second-order valence-corrected chi connectivity index (χ2v) is 15.4. The van der Waals surface area contributed by atoms with Crippen LogP contribution in [0.5, 0.6) is 0 Å². The Morgan fingerprint density at radius 1 is 0.345 bits per heavy atom. The van der Waals surface area contributed by atoms with E-state index >= 15 is 0 Å². The van der Waals surface area contributed by atoms with Crippen LogP contribution in [0.25, 0.3) is 104 Å². The van der Waals surface area contributed by atoms with Crippen LogP contribution >= 0.6 is 0 Å². The Balaban J connectivity index is 0.952. The molecule has 12 rings (SSSR count). The Labute approximate surface area is 335 Å². The van der Waals surface area contributed by atoms with Crippen molar-refractivity contribution in [1.29, 1.82) is 0 Å². The molecule has 0 radical (unpaired) electrons. The van der Waals surface area contributed by atoms with Gasteiger partial charge in [-0.25, -0.2) is 0 Å². The van der Waals surface area contributed by atoms with Gasteiger partial charge >= 0.3 is 0 Å². The summed E-state index contributed by atoms with van der Waals surface area (Å²) in [5.74, 6) is 0. The minimum atomic E-state index is 1.14. The highest BCUT2D eigenvalue weighted by atomic mass is 15.0. The van der Waals surface area contributed by atoms with Crippen LogP contribution in [-0.4, -0.2) is 13.7 Å². The van der Waals surface area contributed by atoms with E-state index in [9.17, 15) is 0 Å². The number of nitrogens with zero attached hydrogens (tertiary/aromatic N) is 3. The first-order valence-electron chi connectivity index (χ1n) is 20.0. The Hall–Kier alpha value is -7.62. The summed E-state index contributed by atoms with van der Waals surface area (Å²) in [4.78, 5) is 0. The minimum absolute atomic E-state index is 1.14. The van der Waals surface area contributed by atoms with Crippen molar-refractivity contribution in [1.82, 2.24) is 13.7 Å². The molecule has 0 aliphatic heterocycles. The van der Waals surface area contributed by atoms with Crippen molar-refractivity contribution >= 4 is 65.2 Å². The van der Waals surface area contributed by atoms with Gasteiger partial charge in [-0.3, -0.25) is 0 Å². The van der Waals surface area contributed by atoms with Crippen LogP contribution < -0.4 is 0 Å². The van der Waals surface area contributed by atoms with Crippen LogP contribution in [-0.2, 0) is 0 Å².